The van der Waals surface area contributed by atoms with E-state index in [1.54, 1.807) is 31.0 Å². The van der Waals surface area contributed by atoms with Gasteiger partial charge in [-0.25, -0.2) is 8.78 Å². The van der Waals surface area contributed by atoms with Gasteiger partial charge >= 0.3 is 0 Å². The van der Waals surface area contributed by atoms with Gasteiger partial charge in [0.2, 0.25) is 5.91 Å². The zero-order valence-corrected chi connectivity index (χ0v) is 28.9. The molecule has 2 atom stereocenters. The highest BCUT2D eigenvalue weighted by atomic mass is 35.5. The second-order valence-corrected chi connectivity index (χ2v) is 13.6. The van der Waals surface area contributed by atoms with Crippen LogP contribution < -0.4 is 21.1 Å². The lowest BCUT2D eigenvalue weighted by Gasteiger charge is -2.50. The maximum Gasteiger partial charge on any atom is 0.281 e. The molecule has 250 valence electrons. The van der Waals surface area contributed by atoms with Gasteiger partial charge in [0, 0.05) is 42.3 Å². The van der Waals surface area contributed by atoms with Gasteiger partial charge in [-0.3, -0.25) is 23.9 Å². The number of rotatable bonds is 4. The van der Waals surface area contributed by atoms with Gasteiger partial charge in [-0.1, -0.05) is 55.2 Å². The number of amides is 2. The minimum Gasteiger partial charge on any atom is -0.397 e. The third-order valence-electron chi connectivity index (χ3n) is 9.12. The summed E-state index contributed by atoms with van der Waals surface area (Å²) in [6.07, 6.45) is 2.77. The number of carbonyl (C=O) groups is 2. The second kappa shape index (κ2) is 12.0. The van der Waals surface area contributed by atoms with Crippen molar-refractivity contribution in [3.05, 3.63) is 85.4 Å². The highest BCUT2D eigenvalue weighted by molar-refractivity contribution is 6.38. The van der Waals surface area contributed by atoms with Crippen molar-refractivity contribution in [1.82, 2.24) is 14.5 Å². The SMILES string of the molecule is C=CC(=O)N1CC2C(=O)N(C)c3c(c4cc(Cl)c(-c5c(N)c(Cl)cc(Cl)c5F)c(F)c4n(-c4c(C)ccnc4C(C)C)c3=O)N2CC1C. The normalized spacial score (nSPS) is 17.6. The summed E-state index contributed by atoms with van der Waals surface area (Å²) in [5.41, 5.74) is 5.64. The van der Waals surface area contributed by atoms with E-state index >= 15 is 8.78 Å². The molecule has 0 radical (unpaired) electrons. The van der Waals surface area contributed by atoms with Crippen molar-refractivity contribution >= 4 is 74.6 Å². The van der Waals surface area contributed by atoms with E-state index in [1.165, 1.54) is 33.6 Å². The Kier molecular flexibility index (Phi) is 8.46. The summed E-state index contributed by atoms with van der Waals surface area (Å²) in [6.45, 7) is 11.0. The van der Waals surface area contributed by atoms with Crippen LogP contribution in [0.3, 0.4) is 0 Å². The van der Waals surface area contributed by atoms with Gasteiger partial charge in [0.15, 0.2) is 11.6 Å². The van der Waals surface area contributed by atoms with Crippen LogP contribution in [0.4, 0.5) is 25.8 Å². The molecule has 2 amide bonds. The van der Waals surface area contributed by atoms with Crippen molar-refractivity contribution in [3.63, 3.8) is 0 Å². The molecule has 48 heavy (non-hydrogen) atoms. The van der Waals surface area contributed by atoms with Gasteiger partial charge in [0.1, 0.15) is 11.7 Å². The Balaban J connectivity index is 1.82. The molecule has 0 spiro atoms. The minimum atomic E-state index is -1.07. The lowest BCUT2D eigenvalue weighted by atomic mass is 9.95. The third-order valence-corrected chi connectivity index (χ3v) is 10.0. The number of aromatic nitrogens is 2. The van der Waals surface area contributed by atoms with Crippen molar-refractivity contribution in [3.8, 4) is 16.8 Å². The summed E-state index contributed by atoms with van der Waals surface area (Å²) < 4.78 is 34.4. The van der Waals surface area contributed by atoms with E-state index < -0.39 is 51.3 Å². The first-order valence-electron chi connectivity index (χ1n) is 15.1. The first kappa shape index (κ1) is 33.7. The van der Waals surface area contributed by atoms with Gasteiger partial charge in [-0.2, -0.15) is 0 Å². The number of carbonyl (C=O) groups excluding carboxylic acids is 2. The largest absolute Gasteiger partial charge is 0.397 e. The van der Waals surface area contributed by atoms with Crippen LogP contribution in [0.1, 0.15) is 37.9 Å². The number of piperazine rings is 1. The number of pyridine rings is 2. The van der Waals surface area contributed by atoms with E-state index in [0.717, 1.165) is 6.07 Å². The number of nitrogens with two attached hydrogens (primary N) is 1. The molecule has 0 aliphatic carbocycles. The van der Waals surface area contributed by atoms with E-state index in [-0.39, 0.29) is 62.9 Å². The second-order valence-electron chi connectivity index (χ2n) is 12.3. The number of benzene rings is 2. The number of halogens is 5. The molecule has 2 aromatic carbocycles. The molecule has 9 nitrogen and oxygen atoms in total. The Bertz CT molecular complexity index is 2130. The third kappa shape index (κ3) is 4.85. The van der Waals surface area contributed by atoms with Gasteiger partial charge < -0.3 is 20.4 Å². The van der Waals surface area contributed by atoms with Crippen molar-refractivity contribution in [2.24, 2.45) is 0 Å². The molecular formula is C34H31Cl3F2N6O3. The van der Waals surface area contributed by atoms with E-state index in [1.807, 2.05) is 13.8 Å². The summed E-state index contributed by atoms with van der Waals surface area (Å²) in [7, 11) is 1.46. The maximum atomic E-state index is 17.6. The maximum absolute atomic E-state index is 17.6. The Hall–Kier alpha value is -4.19. The summed E-state index contributed by atoms with van der Waals surface area (Å²) in [5.74, 6) is -3.11. The van der Waals surface area contributed by atoms with Gasteiger partial charge in [0.05, 0.1) is 49.9 Å². The molecule has 2 aliphatic heterocycles. The van der Waals surface area contributed by atoms with Crippen molar-refractivity contribution in [1.29, 1.82) is 0 Å². The van der Waals surface area contributed by atoms with Crippen molar-refractivity contribution < 1.29 is 18.4 Å². The fourth-order valence-electron chi connectivity index (χ4n) is 6.81. The summed E-state index contributed by atoms with van der Waals surface area (Å²) >= 11 is 19.2. The summed E-state index contributed by atoms with van der Waals surface area (Å²) in [5, 5.41) is -0.602. The molecule has 4 heterocycles. The van der Waals surface area contributed by atoms with Gasteiger partial charge in [-0.15, -0.1) is 0 Å². The molecular weight excluding hydrogens is 685 g/mol. The Morgan fingerprint density at radius 2 is 1.73 bits per heavy atom. The van der Waals surface area contributed by atoms with E-state index in [9.17, 15) is 14.4 Å². The molecule has 1 fully saturated rings. The number of likely N-dealkylation sites (N-methyl/N-ethyl adjacent to an activating group) is 1. The Morgan fingerprint density at radius 3 is 2.38 bits per heavy atom. The van der Waals surface area contributed by atoms with E-state index in [2.05, 4.69) is 11.6 Å². The highest BCUT2D eigenvalue weighted by Crippen LogP contribution is 2.48. The van der Waals surface area contributed by atoms with Crippen LogP contribution in [0, 0.1) is 18.6 Å². The number of fused-ring (bicyclic) bond motifs is 5. The highest BCUT2D eigenvalue weighted by Gasteiger charge is 2.46. The van der Waals surface area contributed by atoms with E-state index in [0.29, 0.717) is 16.9 Å². The predicted molar refractivity (Wildman–Crippen MR) is 187 cm³/mol. The molecule has 2 unspecified atom stereocenters. The minimum absolute atomic E-state index is 0.00449. The van der Waals surface area contributed by atoms with Crippen molar-refractivity contribution in [2.75, 3.05) is 35.7 Å². The first-order chi connectivity index (χ1) is 22.6. The van der Waals surface area contributed by atoms with Crippen LogP contribution in [0.15, 0.2) is 41.8 Å². The fraction of sp³-hybridized carbons (Fsp3) is 0.294. The molecule has 6 rings (SSSR count). The molecule has 14 heteroatoms. The summed E-state index contributed by atoms with van der Waals surface area (Å²) in [4.78, 5) is 50.6. The lowest BCUT2D eigenvalue weighted by molar-refractivity contribution is -0.130. The fourth-order valence-corrected chi connectivity index (χ4v) is 7.56. The smallest absolute Gasteiger partial charge is 0.281 e. The lowest BCUT2D eigenvalue weighted by Crippen LogP contribution is -2.66. The Labute approximate surface area is 290 Å². The van der Waals surface area contributed by atoms with E-state index in [4.69, 9.17) is 40.5 Å². The predicted octanol–water partition coefficient (Wildman–Crippen LogP) is 6.87. The number of nitrogen functional groups attached to an aromatic ring is 1. The summed E-state index contributed by atoms with van der Waals surface area (Å²) in [6, 6.07) is 2.89. The standard InChI is InChI=1S/C34H31Cl3F2N6O3/c1-7-22(46)43-13-21-33(47)42(6)32-31(44(21)12-16(43)5)17-10-18(35)23(24-25(38)19(36)11-20(37)27(24)40)26(39)30(17)45(34(32)48)29-15(4)8-9-41-28(29)14(2)3/h7-11,14,16,21H,1,12-13,40H2,2-6H3. The quantitative estimate of drug-likeness (QED) is 0.141. The van der Waals surface area contributed by atoms with Crippen molar-refractivity contribution in [2.45, 2.75) is 45.7 Å². The molecule has 1 saturated heterocycles. The molecule has 2 aromatic heterocycles. The van der Waals surface area contributed by atoms with Crippen LogP contribution >= 0.6 is 34.8 Å². The average Bonchev–Trinajstić information content (AvgIpc) is 3.03. The molecule has 0 bridgehead atoms. The van der Waals surface area contributed by atoms with Crippen LogP contribution in [0.5, 0.6) is 0 Å². The molecule has 4 aromatic rings. The first-order valence-corrected chi connectivity index (χ1v) is 16.2. The molecule has 2 N–H and O–H groups in total. The van der Waals surface area contributed by atoms with Gasteiger partial charge in [-0.05, 0) is 49.6 Å². The van der Waals surface area contributed by atoms with Crippen LogP contribution in [0.2, 0.25) is 15.1 Å². The molecule has 0 saturated carbocycles. The van der Waals surface area contributed by atoms with Crippen LogP contribution in [-0.4, -0.2) is 58.5 Å². The number of nitrogens with zero attached hydrogens (tertiary/aromatic N) is 5. The number of hydrogen-bond acceptors (Lipinski definition) is 6. The van der Waals surface area contributed by atoms with Crippen LogP contribution in [0.25, 0.3) is 27.7 Å². The zero-order valence-electron chi connectivity index (χ0n) is 26.7. The number of anilines is 3. The molecule has 2 aliphatic rings. The topological polar surface area (TPSA) is 105 Å². The number of hydrogen-bond donors (Lipinski definition) is 1. The Morgan fingerprint density at radius 1 is 1.04 bits per heavy atom. The zero-order chi connectivity index (χ0) is 35.1. The monoisotopic (exact) mass is 714 g/mol. The average molecular weight is 716 g/mol. The number of aryl methyl sites for hydroxylation is 1. The van der Waals surface area contributed by atoms with Crippen LogP contribution in [-0.2, 0) is 9.59 Å². The van der Waals surface area contributed by atoms with Gasteiger partial charge in [0.25, 0.3) is 11.5 Å².